The van der Waals surface area contributed by atoms with Crippen LogP contribution < -0.4 is 20.1 Å². The van der Waals surface area contributed by atoms with E-state index in [2.05, 4.69) is 190 Å². The summed E-state index contributed by atoms with van der Waals surface area (Å²) in [7, 11) is -1.20. The zero-order chi connectivity index (χ0) is 29.3. The molecule has 4 nitrogen and oxygen atoms in total. The molecule has 5 heteroatoms. The molecule has 2 N–H and O–H groups in total. The normalized spacial score (nSPS) is 15.7. The lowest BCUT2D eigenvalue weighted by Crippen LogP contribution is -2.52. The minimum absolute atomic E-state index is 0.125. The minimum atomic E-state index is -1.20. The Bertz CT molecular complexity index is 1620. The number of nitrogens with zero attached hydrogens (tertiary/aromatic N) is 2. The Morgan fingerprint density at radius 1 is 0.581 bits per heavy atom. The third-order valence-electron chi connectivity index (χ3n) is 7.65. The van der Waals surface area contributed by atoms with Crippen LogP contribution in [0.3, 0.4) is 0 Å². The first-order valence-corrected chi connectivity index (χ1v) is 17.0. The topological polar surface area (TPSA) is 30.5 Å². The Hall–Kier alpha value is -5.00. The van der Waals surface area contributed by atoms with E-state index in [9.17, 15) is 0 Å². The van der Waals surface area contributed by atoms with Gasteiger partial charge < -0.3 is 20.1 Å². The molecular formula is C38H37N4Si. The van der Waals surface area contributed by atoms with E-state index in [4.69, 9.17) is 0 Å². The van der Waals surface area contributed by atoms with Crippen LogP contribution in [0, 0.1) is 0 Å². The first-order chi connectivity index (χ1) is 21.3. The zero-order valence-corrected chi connectivity index (χ0v) is 25.4. The van der Waals surface area contributed by atoms with Gasteiger partial charge in [0.15, 0.2) is 8.96 Å². The van der Waals surface area contributed by atoms with Crippen molar-refractivity contribution >= 4 is 43.1 Å². The fourth-order valence-electron chi connectivity index (χ4n) is 5.65. The van der Waals surface area contributed by atoms with Crippen LogP contribution in [-0.2, 0) is 0 Å². The lowest BCUT2D eigenvalue weighted by molar-refractivity contribution is 0.676. The highest BCUT2D eigenvalue weighted by Gasteiger charge is 2.30. The van der Waals surface area contributed by atoms with Gasteiger partial charge in [0.05, 0.1) is 23.5 Å². The lowest BCUT2D eigenvalue weighted by Gasteiger charge is -2.41. The average Bonchev–Trinajstić information content (AvgIpc) is 3.07. The van der Waals surface area contributed by atoms with Crippen molar-refractivity contribution in [3.8, 4) is 0 Å². The van der Waals surface area contributed by atoms with Gasteiger partial charge in [-0.15, -0.1) is 0 Å². The van der Waals surface area contributed by atoms with E-state index in [0.29, 0.717) is 0 Å². The molecule has 2 atom stereocenters. The maximum absolute atomic E-state index is 3.79. The first-order valence-electron chi connectivity index (χ1n) is 14.8. The Labute approximate surface area is 257 Å². The van der Waals surface area contributed by atoms with Crippen LogP contribution in [0.4, 0.5) is 34.1 Å². The third-order valence-corrected chi connectivity index (χ3v) is 9.71. The van der Waals surface area contributed by atoms with E-state index in [1.165, 1.54) is 17.1 Å². The van der Waals surface area contributed by atoms with Gasteiger partial charge in [-0.3, -0.25) is 0 Å². The molecule has 5 aromatic rings. The summed E-state index contributed by atoms with van der Waals surface area (Å²) in [5.74, 6) is 0. The zero-order valence-electron chi connectivity index (χ0n) is 24.4. The molecule has 0 saturated carbocycles. The highest BCUT2D eigenvalue weighted by Crippen LogP contribution is 2.36. The summed E-state index contributed by atoms with van der Waals surface area (Å²) in [5.41, 5.74) is 6.90. The summed E-state index contributed by atoms with van der Waals surface area (Å²) < 4.78 is 2.56. The van der Waals surface area contributed by atoms with Crippen LogP contribution in [0.25, 0.3) is 0 Å². The molecule has 1 aliphatic rings. The number of para-hydroxylation sites is 6. The number of allylic oxidation sites excluding steroid dienone is 2. The van der Waals surface area contributed by atoms with Gasteiger partial charge in [-0.2, -0.15) is 0 Å². The fraction of sp³-hybridized carbons (Fsp3) is 0.105. The molecule has 0 bridgehead atoms. The van der Waals surface area contributed by atoms with E-state index >= 15 is 0 Å². The van der Waals surface area contributed by atoms with Gasteiger partial charge in [-0.05, 0) is 60.7 Å². The highest BCUT2D eigenvalue weighted by atomic mass is 28.3. The van der Waals surface area contributed by atoms with Gasteiger partial charge in [0.2, 0.25) is 0 Å². The van der Waals surface area contributed by atoms with Crippen LogP contribution in [0.5, 0.6) is 0 Å². The second-order valence-corrected chi connectivity index (χ2v) is 12.9. The lowest BCUT2D eigenvalue weighted by atomic mass is 10.0. The van der Waals surface area contributed by atoms with Crippen LogP contribution in [0.1, 0.15) is 0 Å². The number of nitrogens with one attached hydrogen (secondary N) is 2. The third kappa shape index (κ3) is 6.91. The van der Waals surface area contributed by atoms with Gasteiger partial charge in [0, 0.05) is 28.9 Å². The monoisotopic (exact) mass is 577 g/mol. The average molecular weight is 578 g/mol. The molecule has 0 heterocycles. The second-order valence-electron chi connectivity index (χ2n) is 10.7. The number of anilines is 6. The Morgan fingerprint density at radius 3 is 1.79 bits per heavy atom. The largest absolute Gasteiger partial charge is 0.376 e. The number of benzene rings is 5. The molecule has 0 aromatic heterocycles. The summed E-state index contributed by atoms with van der Waals surface area (Å²) in [6.07, 6.45) is 9.85. The van der Waals surface area contributed by atoms with E-state index in [1.807, 2.05) is 6.07 Å². The van der Waals surface area contributed by atoms with E-state index < -0.39 is 8.96 Å². The Kier molecular flexibility index (Phi) is 9.01. The van der Waals surface area contributed by atoms with Gasteiger partial charge in [0.1, 0.15) is 0 Å². The molecule has 0 amide bonds. The molecule has 6 rings (SSSR count). The van der Waals surface area contributed by atoms with Crippen molar-refractivity contribution in [2.24, 2.45) is 0 Å². The van der Waals surface area contributed by atoms with Crippen molar-refractivity contribution in [2.45, 2.75) is 18.6 Å². The van der Waals surface area contributed by atoms with Gasteiger partial charge in [-0.25, -0.2) is 0 Å². The number of hydrogen-bond acceptors (Lipinski definition) is 4. The summed E-state index contributed by atoms with van der Waals surface area (Å²) in [5, 5.41) is 7.48. The van der Waals surface area contributed by atoms with Crippen LogP contribution in [-0.4, -0.2) is 27.2 Å². The van der Waals surface area contributed by atoms with E-state index in [0.717, 1.165) is 23.2 Å². The quantitative estimate of drug-likeness (QED) is 0.153. The fourth-order valence-corrected chi connectivity index (χ4v) is 7.88. The maximum Gasteiger partial charge on any atom is 0.192 e. The van der Waals surface area contributed by atoms with Gasteiger partial charge >= 0.3 is 0 Å². The molecular weight excluding hydrogens is 541 g/mol. The molecule has 0 aliphatic heterocycles. The molecule has 0 spiro atoms. The molecule has 0 saturated heterocycles. The van der Waals surface area contributed by atoms with Gasteiger partial charge in [0.25, 0.3) is 0 Å². The molecule has 1 aliphatic carbocycles. The maximum atomic E-state index is 3.79. The Morgan fingerprint density at radius 2 is 1.12 bits per heavy atom. The van der Waals surface area contributed by atoms with Crippen molar-refractivity contribution in [1.82, 2.24) is 0 Å². The van der Waals surface area contributed by atoms with Crippen molar-refractivity contribution < 1.29 is 0 Å². The molecule has 2 unspecified atom stereocenters. The smallest absolute Gasteiger partial charge is 0.192 e. The molecule has 1 radical (unpaired) electrons. The molecule has 0 fully saturated rings. The molecule has 213 valence electrons. The highest BCUT2D eigenvalue weighted by molar-refractivity contribution is 6.64. The standard InChI is InChI=1S/C38H37N4Si/c1-43(42(34-24-12-5-13-25-34)38-29-17-15-27-36(38)40-32-20-8-3-9-21-32)30-41(33-22-10-4-11-23-33)37-28-16-14-26-35(37)39-31-18-6-2-7-19-31/h2-29,35,37,39-40H,30H2,1H3. The van der Waals surface area contributed by atoms with E-state index in [1.54, 1.807) is 0 Å². The van der Waals surface area contributed by atoms with Crippen molar-refractivity contribution in [3.63, 3.8) is 0 Å². The Balaban J connectivity index is 1.36. The van der Waals surface area contributed by atoms with Crippen molar-refractivity contribution in [1.29, 1.82) is 0 Å². The molecule has 5 aromatic carbocycles. The van der Waals surface area contributed by atoms with Crippen molar-refractivity contribution in [2.75, 3.05) is 26.3 Å². The SMILES string of the molecule is C[Si](CN(c1ccccc1)C1C=CC=CC1Nc1ccccc1)N(c1ccccc1)c1ccccc1Nc1ccccc1. The number of hydrogen-bond donors (Lipinski definition) is 2. The first kappa shape index (κ1) is 28.1. The van der Waals surface area contributed by atoms with Crippen LogP contribution >= 0.6 is 0 Å². The minimum Gasteiger partial charge on any atom is -0.376 e. The van der Waals surface area contributed by atoms with E-state index in [-0.39, 0.29) is 12.1 Å². The molecule has 43 heavy (non-hydrogen) atoms. The van der Waals surface area contributed by atoms with Crippen LogP contribution in [0.15, 0.2) is 170 Å². The summed E-state index contributed by atoms with van der Waals surface area (Å²) in [4.78, 5) is 2.58. The van der Waals surface area contributed by atoms with Crippen molar-refractivity contribution in [3.05, 3.63) is 170 Å². The summed E-state index contributed by atoms with van der Waals surface area (Å²) >= 11 is 0. The summed E-state index contributed by atoms with van der Waals surface area (Å²) in [6, 6.07) is 51.5. The predicted molar refractivity (Wildman–Crippen MR) is 186 cm³/mol. The summed E-state index contributed by atoms with van der Waals surface area (Å²) in [6.45, 7) is 2.43. The number of rotatable bonds is 11. The van der Waals surface area contributed by atoms with Crippen LogP contribution in [0.2, 0.25) is 6.55 Å². The van der Waals surface area contributed by atoms with Gasteiger partial charge in [-0.1, -0.05) is 116 Å². The second kappa shape index (κ2) is 13.8. The predicted octanol–water partition coefficient (Wildman–Crippen LogP) is 9.21.